The van der Waals surface area contributed by atoms with E-state index in [9.17, 15) is 13.6 Å². The zero-order valence-electron chi connectivity index (χ0n) is 9.19. The SMILES string of the molecule is COc1c(C(F)F)cccc1C(CN)C(=O)O. The Morgan fingerprint density at radius 1 is 1.47 bits per heavy atom. The second-order valence-electron chi connectivity index (χ2n) is 3.40. The summed E-state index contributed by atoms with van der Waals surface area (Å²) < 4.78 is 30.3. The molecule has 0 aromatic heterocycles. The van der Waals surface area contributed by atoms with Gasteiger partial charge in [0.2, 0.25) is 0 Å². The number of aliphatic carboxylic acids is 1. The van der Waals surface area contributed by atoms with Crippen LogP contribution in [0.3, 0.4) is 0 Å². The van der Waals surface area contributed by atoms with Gasteiger partial charge in [-0.05, 0) is 6.07 Å². The summed E-state index contributed by atoms with van der Waals surface area (Å²) in [6, 6.07) is 3.99. The van der Waals surface area contributed by atoms with Crippen LogP contribution >= 0.6 is 0 Å². The molecule has 0 spiro atoms. The van der Waals surface area contributed by atoms with Crippen LogP contribution in [0.4, 0.5) is 8.78 Å². The highest BCUT2D eigenvalue weighted by Gasteiger charge is 2.25. The Morgan fingerprint density at radius 2 is 2.06 bits per heavy atom. The molecule has 1 aromatic carbocycles. The van der Waals surface area contributed by atoms with Crippen LogP contribution in [0.1, 0.15) is 23.5 Å². The van der Waals surface area contributed by atoms with Crippen LogP contribution in [0.5, 0.6) is 5.75 Å². The third kappa shape index (κ3) is 2.71. The molecule has 1 atom stereocenters. The van der Waals surface area contributed by atoms with Crippen molar-refractivity contribution in [2.45, 2.75) is 12.3 Å². The third-order valence-electron chi connectivity index (χ3n) is 2.42. The minimum Gasteiger partial charge on any atom is -0.496 e. The van der Waals surface area contributed by atoms with Crippen LogP contribution in [-0.4, -0.2) is 24.7 Å². The van der Waals surface area contributed by atoms with Gasteiger partial charge < -0.3 is 15.6 Å². The number of carbonyl (C=O) groups is 1. The molecular weight excluding hydrogens is 232 g/mol. The van der Waals surface area contributed by atoms with Gasteiger partial charge >= 0.3 is 5.97 Å². The summed E-state index contributed by atoms with van der Waals surface area (Å²) in [5.74, 6) is -2.33. The molecule has 0 fully saturated rings. The van der Waals surface area contributed by atoms with E-state index in [2.05, 4.69) is 0 Å². The van der Waals surface area contributed by atoms with Crippen molar-refractivity contribution in [1.82, 2.24) is 0 Å². The number of hydrogen-bond donors (Lipinski definition) is 2. The Bertz CT molecular complexity index is 410. The average molecular weight is 245 g/mol. The first-order chi connectivity index (χ1) is 8.02. The lowest BCUT2D eigenvalue weighted by Crippen LogP contribution is -2.22. The number of alkyl halides is 2. The van der Waals surface area contributed by atoms with E-state index in [1.807, 2.05) is 0 Å². The molecule has 0 bridgehead atoms. The van der Waals surface area contributed by atoms with E-state index in [0.29, 0.717) is 0 Å². The minimum absolute atomic E-state index is 0.111. The number of ether oxygens (including phenoxy) is 1. The molecule has 0 saturated heterocycles. The first kappa shape index (κ1) is 13.4. The first-order valence-electron chi connectivity index (χ1n) is 4.90. The lowest BCUT2D eigenvalue weighted by molar-refractivity contribution is -0.138. The molecular formula is C11H13F2NO3. The number of hydrogen-bond acceptors (Lipinski definition) is 3. The smallest absolute Gasteiger partial charge is 0.312 e. The number of rotatable bonds is 5. The predicted octanol–water partition coefficient (Wildman–Crippen LogP) is 1.76. The van der Waals surface area contributed by atoms with Crippen molar-refractivity contribution < 1.29 is 23.4 Å². The van der Waals surface area contributed by atoms with E-state index in [4.69, 9.17) is 15.6 Å². The molecule has 4 nitrogen and oxygen atoms in total. The molecule has 1 unspecified atom stereocenters. The molecule has 0 aliphatic rings. The Kier molecular flexibility index (Phi) is 4.39. The third-order valence-corrected chi connectivity index (χ3v) is 2.42. The summed E-state index contributed by atoms with van der Waals surface area (Å²) in [5.41, 5.74) is 5.17. The largest absolute Gasteiger partial charge is 0.496 e. The van der Waals surface area contributed by atoms with Gasteiger partial charge in [0.25, 0.3) is 6.43 Å². The highest BCUT2D eigenvalue weighted by atomic mass is 19.3. The molecule has 3 N–H and O–H groups in total. The summed E-state index contributed by atoms with van der Waals surface area (Å²) in [6.07, 6.45) is -2.72. The second-order valence-corrected chi connectivity index (χ2v) is 3.40. The lowest BCUT2D eigenvalue weighted by Gasteiger charge is -2.17. The maximum Gasteiger partial charge on any atom is 0.312 e. The van der Waals surface area contributed by atoms with Crippen molar-refractivity contribution in [3.8, 4) is 5.75 Å². The zero-order valence-corrected chi connectivity index (χ0v) is 9.19. The highest BCUT2D eigenvalue weighted by molar-refractivity contribution is 5.77. The van der Waals surface area contributed by atoms with E-state index >= 15 is 0 Å². The molecule has 1 rings (SSSR count). The van der Waals surface area contributed by atoms with Crippen LogP contribution in [0.25, 0.3) is 0 Å². The van der Waals surface area contributed by atoms with Crippen LogP contribution in [0, 0.1) is 0 Å². The van der Waals surface area contributed by atoms with Gasteiger partial charge in [-0.1, -0.05) is 12.1 Å². The average Bonchev–Trinajstić information content (AvgIpc) is 2.29. The van der Waals surface area contributed by atoms with Gasteiger partial charge in [-0.3, -0.25) is 4.79 Å². The van der Waals surface area contributed by atoms with Crippen molar-refractivity contribution in [3.05, 3.63) is 29.3 Å². The summed E-state index contributed by atoms with van der Waals surface area (Å²) in [4.78, 5) is 11.0. The van der Waals surface area contributed by atoms with Crippen LogP contribution < -0.4 is 10.5 Å². The number of para-hydroxylation sites is 1. The Labute approximate surface area is 97.0 Å². The quantitative estimate of drug-likeness (QED) is 0.829. The molecule has 0 amide bonds. The molecule has 17 heavy (non-hydrogen) atoms. The van der Waals surface area contributed by atoms with Crippen molar-refractivity contribution in [2.24, 2.45) is 5.73 Å². The molecule has 0 heterocycles. The molecule has 0 radical (unpaired) electrons. The Balaban J connectivity index is 3.32. The molecule has 0 aliphatic heterocycles. The summed E-state index contributed by atoms with van der Waals surface area (Å²) in [7, 11) is 1.22. The van der Waals surface area contributed by atoms with Gasteiger partial charge in [0.05, 0.1) is 18.6 Å². The van der Waals surface area contributed by atoms with Crippen LogP contribution in [-0.2, 0) is 4.79 Å². The highest BCUT2D eigenvalue weighted by Crippen LogP contribution is 2.35. The second kappa shape index (κ2) is 5.58. The van der Waals surface area contributed by atoms with E-state index in [1.165, 1.54) is 25.3 Å². The van der Waals surface area contributed by atoms with Crippen molar-refractivity contribution in [3.63, 3.8) is 0 Å². The van der Waals surface area contributed by atoms with Gasteiger partial charge in [-0.15, -0.1) is 0 Å². The van der Waals surface area contributed by atoms with Gasteiger partial charge in [0.15, 0.2) is 0 Å². The first-order valence-corrected chi connectivity index (χ1v) is 4.90. The van der Waals surface area contributed by atoms with Gasteiger partial charge in [0.1, 0.15) is 5.75 Å². The predicted molar refractivity (Wildman–Crippen MR) is 57.4 cm³/mol. The number of nitrogens with two attached hydrogens (primary N) is 1. The maximum absolute atomic E-state index is 12.7. The normalized spacial score (nSPS) is 12.5. The minimum atomic E-state index is -2.72. The fourth-order valence-electron chi connectivity index (χ4n) is 1.62. The van der Waals surface area contributed by atoms with Gasteiger partial charge in [0, 0.05) is 12.1 Å². The number of carboxylic acid groups (broad SMARTS) is 1. The molecule has 1 aromatic rings. The van der Waals surface area contributed by atoms with Crippen molar-refractivity contribution >= 4 is 5.97 Å². The Morgan fingerprint density at radius 3 is 2.47 bits per heavy atom. The number of carboxylic acids is 1. The summed E-state index contributed by atoms with van der Waals surface area (Å²) in [6.45, 7) is -0.182. The standard InChI is InChI=1S/C11H13F2NO3/c1-17-9-6(8(5-14)11(15)16)3-2-4-7(9)10(12)13/h2-4,8,10H,5,14H2,1H3,(H,15,16). The molecule has 0 aliphatic carbocycles. The monoisotopic (exact) mass is 245 g/mol. The van der Waals surface area contributed by atoms with E-state index < -0.39 is 18.3 Å². The molecule has 94 valence electrons. The van der Waals surface area contributed by atoms with E-state index in [0.717, 1.165) is 0 Å². The molecule has 6 heteroatoms. The number of benzene rings is 1. The number of halogens is 2. The van der Waals surface area contributed by atoms with Crippen molar-refractivity contribution in [1.29, 1.82) is 0 Å². The van der Waals surface area contributed by atoms with E-state index in [-0.39, 0.29) is 23.4 Å². The van der Waals surface area contributed by atoms with Gasteiger partial charge in [-0.25, -0.2) is 8.78 Å². The Hall–Kier alpha value is -1.69. The van der Waals surface area contributed by atoms with Crippen molar-refractivity contribution in [2.75, 3.05) is 13.7 Å². The van der Waals surface area contributed by atoms with Crippen LogP contribution in [0.2, 0.25) is 0 Å². The zero-order chi connectivity index (χ0) is 13.0. The summed E-state index contributed by atoms with van der Waals surface area (Å²) >= 11 is 0. The number of methoxy groups -OCH3 is 1. The lowest BCUT2D eigenvalue weighted by atomic mass is 9.96. The van der Waals surface area contributed by atoms with Crippen LogP contribution in [0.15, 0.2) is 18.2 Å². The maximum atomic E-state index is 12.7. The topological polar surface area (TPSA) is 72.5 Å². The fraction of sp³-hybridized carbons (Fsp3) is 0.364. The van der Waals surface area contributed by atoms with Gasteiger partial charge in [-0.2, -0.15) is 0 Å². The molecule has 0 saturated carbocycles. The van der Waals surface area contributed by atoms with E-state index in [1.54, 1.807) is 0 Å². The summed E-state index contributed by atoms with van der Waals surface area (Å²) in [5, 5.41) is 8.95. The fourth-order valence-corrected chi connectivity index (χ4v) is 1.62.